The summed E-state index contributed by atoms with van der Waals surface area (Å²) in [6.45, 7) is 5.85. The number of carboxylic acid groups (broad SMARTS) is 2. The Kier molecular flexibility index (Phi) is 6.19. The van der Waals surface area contributed by atoms with Gasteiger partial charge in [0.15, 0.2) is 0 Å². The summed E-state index contributed by atoms with van der Waals surface area (Å²) in [4.78, 5) is 22.2. The summed E-state index contributed by atoms with van der Waals surface area (Å²) in [6.07, 6.45) is 1.16. The van der Waals surface area contributed by atoms with Gasteiger partial charge in [-0.2, -0.15) is 0 Å². The first-order valence-electron chi connectivity index (χ1n) is 8.79. The molecule has 0 amide bonds. The highest BCUT2D eigenvalue weighted by Gasteiger charge is 2.31. The maximum atomic E-state index is 11.5. The number of hydrogen-bond acceptors (Lipinski definition) is 2. The van der Waals surface area contributed by atoms with Crippen LogP contribution in [0.15, 0.2) is 48.5 Å². The molecule has 2 aromatic rings. The van der Waals surface area contributed by atoms with Crippen molar-refractivity contribution in [1.29, 1.82) is 0 Å². The Balaban J connectivity index is 2.09. The van der Waals surface area contributed by atoms with Crippen molar-refractivity contribution in [2.45, 2.75) is 40.0 Å². The van der Waals surface area contributed by atoms with Gasteiger partial charge >= 0.3 is 11.9 Å². The van der Waals surface area contributed by atoms with Gasteiger partial charge in [0.1, 0.15) is 0 Å². The van der Waals surface area contributed by atoms with Crippen LogP contribution in [0.5, 0.6) is 0 Å². The number of hydrogen-bond donors (Lipinski definition) is 2. The molecular formula is C22H26O4. The van der Waals surface area contributed by atoms with E-state index in [1.807, 2.05) is 69.3 Å². The summed E-state index contributed by atoms with van der Waals surface area (Å²) in [7, 11) is 0. The Labute approximate surface area is 154 Å². The number of benzene rings is 2. The summed E-state index contributed by atoms with van der Waals surface area (Å²) in [6, 6.07) is 15.8. The molecule has 138 valence electrons. The van der Waals surface area contributed by atoms with Gasteiger partial charge in [0.05, 0.1) is 5.92 Å². The molecule has 0 bridgehead atoms. The zero-order valence-electron chi connectivity index (χ0n) is 15.5. The fourth-order valence-electron chi connectivity index (χ4n) is 2.95. The molecule has 2 aromatic carbocycles. The highest BCUT2D eigenvalue weighted by Crippen LogP contribution is 2.30. The van der Waals surface area contributed by atoms with Crippen LogP contribution in [-0.2, 0) is 22.4 Å². The Morgan fingerprint density at radius 2 is 1.31 bits per heavy atom. The van der Waals surface area contributed by atoms with Crippen molar-refractivity contribution in [1.82, 2.24) is 0 Å². The summed E-state index contributed by atoms with van der Waals surface area (Å²) in [5.74, 6) is -1.99. The van der Waals surface area contributed by atoms with E-state index in [0.29, 0.717) is 12.8 Å². The van der Waals surface area contributed by atoms with Gasteiger partial charge in [-0.25, -0.2) is 0 Å². The molecule has 4 nitrogen and oxygen atoms in total. The Morgan fingerprint density at radius 1 is 0.846 bits per heavy atom. The number of aliphatic carboxylic acids is 2. The monoisotopic (exact) mass is 354 g/mol. The number of carboxylic acids is 2. The van der Waals surface area contributed by atoms with Crippen molar-refractivity contribution in [3.05, 3.63) is 59.7 Å². The smallest absolute Gasteiger partial charge is 0.307 e. The molecule has 1 atom stereocenters. The topological polar surface area (TPSA) is 74.6 Å². The minimum absolute atomic E-state index is 0.132. The Hall–Kier alpha value is -2.62. The molecule has 2 rings (SSSR count). The molecule has 1 unspecified atom stereocenters. The predicted molar refractivity (Wildman–Crippen MR) is 102 cm³/mol. The van der Waals surface area contributed by atoms with Crippen molar-refractivity contribution in [3.8, 4) is 11.1 Å². The number of carbonyl (C=O) groups is 2. The van der Waals surface area contributed by atoms with Gasteiger partial charge in [0, 0.05) is 6.42 Å². The lowest BCUT2D eigenvalue weighted by Gasteiger charge is -2.27. The first kappa shape index (κ1) is 19.7. The molecule has 2 N–H and O–H groups in total. The summed E-state index contributed by atoms with van der Waals surface area (Å²) in [5, 5.41) is 18.2. The molecule has 0 aliphatic rings. The van der Waals surface area contributed by atoms with E-state index < -0.39 is 17.9 Å². The fourth-order valence-corrected chi connectivity index (χ4v) is 2.95. The van der Waals surface area contributed by atoms with E-state index in [1.54, 1.807) is 0 Å². The van der Waals surface area contributed by atoms with E-state index in [4.69, 9.17) is 5.11 Å². The van der Waals surface area contributed by atoms with Crippen molar-refractivity contribution in [2.75, 3.05) is 0 Å². The van der Waals surface area contributed by atoms with E-state index in [2.05, 4.69) is 0 Å². The van der Waals surface area contributed by atoms with E-state index >= 15 is 0 Å². The number of rotatable bonds is 7. The lowest BCUT2D eigenvalue weighted by Crippen LogP contribution is -2.30. The standard InChI is InChI=1S/C22H26O4/c1-22(2,3)19(21(25)26)14-16-6-11-18(12-7-16)17-9-4-15(5-10-17)8-13-20(23)24/h4-7,9-12,19H,8,13-14H2,1-3H3,(H,23,24)(H,25,26). The third kappa shape index (κ3) is 5.45. The normalized spacial score (nSPS) is 12.6. The molecule has 0 fully saturated rings. The van der Waals surface area contributed by atoms with Crippen LogP contribution in [0.4, 0.5) is 0 Å². The molecule has 0 aliphatic heterocycles. The SMILES string of the molecule is CC(C)(C)C(Cc1ccc(-c2ccc(CCC(=O)O)cc2)cc1)C(=O)O. The second-order valence-corrected chi connectivity index (χ2v) is 7.75. The maximum Gasteiger partial charge on any atom is 0.307 e. The van der Waals surface area contributed by atoms with Crippen molar-refractivity contribution >= 4 is 11.9 Å². The molecule has 0 aliphatic carbocycles. The highest BCUT2D eigenvalue weighted by molar-refractivity contribution is 5.71. The van der Waals surface area contributed by atoms with Gasteiger partial charge in [-0.3, -0.25) is 9.59 Å². The molecule has 0 heterocycles. The average molecular weight is 354 g/mol. The van der Waals surface area contributed by atoms with E-state index in [1.165, 1.54) is 0 Å². The molecule has 0 saturated carbocycles. The van der Waals surface area contributed by atoms with Crippen LogP contribution in [0.1, 0.15) is 38.3 Å². The molecule has 0 saturated heterocycles. The van der Waals surface area contributed by atoms with Crippen LogP contribution < -0.4 is 0 Å². The zero-order valence-corrected chi connectivity index (χ0v) is 15.5. The van der Waals surface area contributed by atoms with Gasteiger partial charge in [-0.15, -0.1) is 0 Å². The van der Waals surface area contributed by atoms with Crippen LogP contribution >= 0.6 is 0 Å². The Bertz CT molecular complexity index is 752. The van der Waals surface area contributed by atoms with Crippen LogP contribution in [0.3, 0.4) is 0 Å². The molecule has 0 aromatic heterocycles. The minimum atomic E-state index is -0.792. The van der Waals surface area contributed by atoms with E-state index in [-0.39, 0.29) is 11.8 Å². The predicted octanol–water partition coefficient (Wildman–Crippen LogP) is 4.66. The molecule has 26 heavy (non-hydrogen) atoms. The first-order chi connectivity index (χ1) is 12.2. The molecule has 0 radical (unpaired) electrons. The minimum Gasteiger partial charge on any atom is -0.481 e. The molecular weight excluding hydrogens is 328 g/mol. The van der Waals surface area contributed by atoms with Crippen molar-refractivity contribution in [3.63, 3.8) is 0 Å². The van der Waals surface area contributed by atoms with Gasteiger partial charge in [0.25, 0.3) is 0 Å². The number of aryl methyl sites for hydroxylation is 1. The third-order valence-corrected chi connectivity index (χ3v) is 4.65. The summed E-state index contributed by atoms with van der Waals surface area (Å²) < 4.78 is 0. The fraction of sp³-hybridized carbons (Fsp3) is 0.364. The molecule has 0 spiro atoms. The van der Waals surface area contributed by atoms with E-state index in [9.17, 15) is 14.7 Å². The van der Waals surface area contributed by atoms with Gasteiger partial charge in [0.2, 0.25) is 0 Å². The van der Waals surface area contributed by atoms with E-state index in [0.717, 1.165) is 22.3 Å². The van der Waals surface area contributed by atoms with Gasteiger partial charge < -0.3 is 10.2 Å². The lowest BCUT2D eigenvalue weighted by atomic mass is 9.77. The van der Waals surface area contributed by atoms with Crippen molar-refractivity contribution in [2.24, 2.45) is 11.3 Å². The van der Waals surface area contributed by atoms with Crippen LogP contribution in [0.2, 0.25) is 0 Å². The van der Waals surface area contributed by atoms with Crippen molar-refractivity contribution < 1.29 is 19.8 Å². The summed E-state index contributed by atoms with van der Waals surface area (Å²) >= 11 is 0. The highest BCUT2D eigenvalue weighted by atomic mass is 16.4. The lowest BCUT2D eigenvalue weighted by molar-refractivity contribution is -0.145. The second-order valence-electron chi connectivity index (χ2n) is 7.75. The average Bonchev–Trinajstić information content (AvgIpc) is 2.57. The summed E-state index contributed by atoms with van der Waals surface area (Å²) in [5.41, 5.74) is 3.83. The first-order valence-corrected chi connectivity index (χ1v) is 8.79. The van der Waals surface area contributed by atoms with Gasteiger partial charge in [-0.05, 0) is 40.5 Å². The second kappa shape index (κ2) is 8.17. The van der Waals surface area contributed by atoms with Crippen LogP contribution in [-0.4, -0.2) is 22.2 Å². The quantitative estimate of drug-likeness (QED) is 0.758. The zero-order chi connectivity index (χ0) is 19.3. The van der Waals surface area contributed by atoms with Crippen LogP contribution in [0, 0.1) is 11.3 Å². The third-order valence-electron chi connectivity index (χ3n) is 4.65. The molecule has 4 heteroatoms. The van der Waals surface area contributed by atoms with Gasteiger partial charge in [-0.1, -0.05) is 69.3 Å². The largest absolute Gasteiger partial charge is 0.481 e. The Morgan fingerprint density at radius 3 is 1.69 bits per heavy atom. The maximum absolute atomic E-state index is 11.5. The van der Waals surface area contributed by atoms with Crippen LogP contribution in [0.25, 0.3) is 11.1 Å².